The number of hydrogen-bond donors (Lipinski definition) is 0. The molecule has 0 aliphatic heterocycles. The molecule has 0 heterocycles. The summed E-state index contributed by atoms with van der Waals surface area (Å²) in [6.07, 6.45) is 1.53. The molecule has 15 heavy (non-hydrogen) atoms. The highest BCUT2D eigenvalue weighted by atomic mass is 35.5. The van der Waals surface area contributed by atoms with E-state index in [2.05, 4.69) is 6.58 Å². The minimum absolute atomic E-state index is 0.0107. The Hall–Kier alpha value is -1.26. The van der Waals surface area contributed by atoms with Gasteiger partial charge in [-0.2, -0.15) is 0 Å². The fourth-order valence-electron chi connectivity index (χ4n) is 0.917. The van der Waals surface area contributed by atoms with Gasteiger partial charge in [-0.15, -0.1) is 0 Å². The van der Waals surface area contributed by atoms with E-state index in [9.17, 15) is 10.1 Å². The average molecular weight is 248 g/mol. The Balaban J connectivity index is 3.07. The zero-order valence-electron chi connectivity index (χ0n) is 7.57. The predicted octanol–water partition coefficient (Wildman–Crippen LogP) is 3.47. The van der Waals surface area contributed by atoms with Crippen LogP contribution in [0.15, 0.2) is 24.8 Å². The third-order valence-electron chi connectivity index (χ3n) is 1.55. The number of hydrogen-bond acceptors (Lipinski definition) is 3. The lowest BCUT2D eigenvalue weighted by Gasteiger charge is -2.05. The standard InChI is InChI=1S/C9H7Cl2NO3/c1-2-3-15-9-5-6(10)8(12(13)14)4-7(9)11/h2,4-5H,1,3H2. The van der Waals surface area contributed by atoms with E-state index in [0.717, 1.165) is 6.07 Å². The minimum Gasteiger partial charge on any atom is -0.488 e. The van der Waals surface area contributed by atoms with E-state index in [0.29, 0.717) is 5.75 Å². The molecule has 0 N–H and O–H groups in total. The van der Waals surface area contributed by atoms with Gasteiger partial charge < -0.3 is 4.74 Å². The van der Waals surface area contributed by atoms with E-state index < -0.39 is 4.92 Å². The molecule has 1 aromatic carbocycles. The average Bonchev–Trinajstić information content (AvgIpc) is 2.18. The van der Waals surface area contributed by atoms with Gasteiger partial charge in [0.05, 0.1) is 9.95 Å². The lowest BCUT2D eigenvalue weighted by atomic mass is 10.3. The van der Waals surface area contributed by atoms with Crippen molar-refractivity contribution in [2.75, 3.05) is 6.61 Å². The molecule has 0 saturated heterocycles. The molecule has 0 spiro atoms. The summed E-state index contributed by atoms with van der Waals surface area (Å²) in [5.41, 5.74) is -0.243. The third kappa shape index (κ3) is 2.84. The minimum atomic E-state index is -0.606. The molecule has 0 atom stereocenters. The summed E-state index contributed by atoms with van der Waals surface area (Å²) < 4.78 is 5.14. The Morgan fingerprint density at radius 3 is 2.67 bits per heavy atom. The second-order valence-electron chi connectivity index (χ2n) is 2.59. The summed E-state index contributed by atoms with van der Waals surface area (Å²) in [5, 5.41) is 10.6. The second-order valence-corrected chi connectivity index (χ2v) is 3.41. The van der Waals surface area contributed by atoms with Crippen molar-refractivity contribution in [1.82, 2.24) is 0 Å². The first kappa shape index (κ1) is 11.8. The van der Waals surface area contributed by atoms with Gasteiger partial charge >= 0.3 is 0 Å². The van der Waals surface area contributed by atoms with Crippen LogP contribution < -0.4 is 4.74 Å². The van der Waals surface area contributed by atoms with Crippen molar-refractivity contribution in [1.29, 1.82) is 0 Å². The van der Waals surface area contributed by atoms with E-state index in [-0.39, 0.29) is 22.3 Å². The SMILES string of the molecule is C=CCOc1cc(Cl)c([N+](=O)[O-])cc1Cl. The van der Waals surface area contributed by atoms with Gasteiger partial charge in [-0.25, -0.2) is 0 Å². The lowest BCUT2D eigenvalue weighted by molar-refractivity contribution is -0.384. The highest BCUT2D eigenvalue weighted by molar-refractivity contribution is 6.35. The molecule has 80 valence electrons. The number of ether oxygens (including phenoxy) is 1. The fourth-order valence-corrected chi connectivity index (χ4v) is 1.35. The monoisotopic (exact) mass is 247 g/mol. The third-order valence-corrected chi connectivity index (χ3v) is 2.15. The number of nitrogens with zero attached hydrogens (tertiary/aromatic N) is 1. The van der Waals surface area contributed by atoms with Crippen LogP contribution in [0, 0.1) is 10.1 Å². The topological polar surface area (TPSA) is 52.4 Å². The van der Waals surface area contributed by atoms with E-state index in [4.69, 9.17) is 27.9 Å². The van der Waals surface area contributed by atoms with Gasteiger partial charge in [0, 0.05) is 12.1 Å². The molecule has 0 unspecified atom stereocenters. The van der Waals surface area contributed by atoms with Crippen LogP contribution in [0.25, 0.3) is 0 Å². The van der Waals surface area contributed by atoms with Crippen LogP contribution in [-0.2, 0) is 0 Å². The summed E-state index contributed by atoms with van der Waals surface area (Å²) in [7, 11) is 0. The molecule has 0 saturated carbocycles. The van der Waals surface area contributed by atoms with Gasteiger partial charge in [0.2, 0.25) is 0 Å². The molecule has 0 aliphatic rings. The van der Waals surface area contributed by atoms with E-state index >= 15 is 0 Å². The summed E-state index contributed by atoms with van der Waals surface area (Å²) in [6.45, 7) is 3.72. The van der Waals surface area contributed by atoms with Crippen LogP contribution in [0.5, 0.6) is 5.75 Å². The fraction of sp³-hybridized carbons (Fsp3) is 0.111. The molecule has 0 radical (unpaired) electrons. The number of benzene rings is 1. The molecule has 0 amide bonds. The molecule has 0 aliphatic carbocycles. The predicted molar refractivity (Wildman–Crippen MR) is 58.8 cm³/mol. The zero-order valence-corrected chi connectivity index (χ0v) is 9.09. The molecular weight excluding hydrogens is 241 g/mol. The second kappa shape index (κ2) is 5.00. The number of rotatable bonds is 4. The molecule has 1 rings (SSSR count). The zero-order chi connectivity index (χ0) is 11.4. The molecule has 4 nitrogen and oxygen atoms in total. The summed E-state index contributed by atoms with van der Waals surface area (Å²) in [5.74, 6) is 0.298. The van der Waals surface area contributed by atoms with Crippen LogP contribution in [0.2, 0.25) is 10.0 Å². The number of nitro benzene ring substituents is 1. The summed E-state index contributed by atoms with van der Waals surface area (Å²) >= 11 is 11.4. The summed E-state index contributed by atoms with van der Waals surface area (Å²) in [6, 6.07) is 2.47. The van der Waals surface area contributed by atoms with Crippen molar-refractivity contribution >= 4 is 28.9 Å². The Labute approximate surface area is 96.2 Å². The highest BCUT2D eigenvalue weighted by Gasteiger charge is 2.16. The number of halogens is 2. The number of nitro groups is 1. The molecular formula is C9H7Cl2NO3. The van der Waals surface area contributed by atoms with Crippen LogP contribution >= 0.6 is 23.2 Å². The molecule has 1 aromatic rings. The van der Waals surface area contributed by atoms with E-state index in [1.807, 2.05) is 0 Å². The van der Waals surface area contributed by atoms with Crippen LogP contribution in [0.4, 0.5) is 5.69 Å². The van der Waals surface area contributed by atoms with Crippen molar-refractivity contribution in [3.8, 4) is 5.75 Å². The van der Waals surface area contributed by atoms with Gasteiger partial charge in [-0.05, 0) is 0 Å². The van der Waals surface area contributed by atoms with Gasteiger partial charge in [-0.1, -0.05) is 35.9 Å². The Morgan fingerprint density at radius 1 is 1.47 bits per heavy atom. The molecule has 6 heteroatoms. The summed E-state index contributed by atoms with van der Waals surface area (Å²) in [4.78, 5) is 9.90. The Morgan fingerprint density at radius 2 is 2.13 bits per heavy atom. The van der Waals surface area contributed by atoms with E-state index in [1.54, 1.807) is 0 Å². The first-order chi connectivity index (χ1) is 7.06. The quantitative estimate of drug-likeness (QED) is 0.465. The van der Waals surface area contributed by atoms with E-state index in [1.165, 1.54) is 12.1 Å². The van der Waals surface area contributed by atoms with Crippen molar-refractivity contribution < 1.29 is 9.66 Å². The van der Waals surface area contributed by atoms with Crippen LogP contribution in [0.3, 0.4) is 0 Å². The van der Waals surface area contributed by atoms with Gasteiger partial charge in [0.15, 0.2) is 0 Å². The molecule has 0 bridgehead atoms. The Kier molecular flexibility index (Phi) is 3.94. The normalized spacial score (nSPS) is 9.73. The van der Waals surface area contributed by atoms with Gasteiger partial charge in [0.1, 0.15) is 17.4 Å². The Bertz CT molecular complexity index is 407. The molecule has 0 aromatic heterocycles. The first-order valence-corrected chi connectivity index (χ1v) is 4.69. The highest BCUT2D eigenvalue weighted by Crippen LogP contribution is 2.35. The van der Waals surface area contributed by atoms with Crippen molar-refractivity contribution in [3.63, 3.8) is 0 Å². The first-order valence-electron chi connectivity index (χ1n) is 3.93. The van der Waals surface area contributed by atoms with Crippen molar-refractivity contribution in [3.05, 3.63) is 44.9 Å². The maximum Gasteiger partial charge on any atom is 0.289 e. The van der Waals surface area contributed by atoms with Gasteiger partial charge in [0.25, 0.3) is 5.69 Å². The van der Waals surface area contributed by atoms with Gasteiger partial charge in [-0.3, -0.25) is 10.1 Å². The maximum atomic E-state index is 10.5. The van der Waals surface area contributed by atoms with Crippen LogP contribution in [0.1, 0.15) is 0 Å². The smallest absolute Gasteiger partial charge is 0.289 e. The largest absolute Gasteiger partial charge is 0.488 e. The lowest BCUT2D eigenvalue weighted by Crippen LogP contribution is -1.95. The maximum absolute atomic E-state index is 10.5. The van der Waals surface area contributed by atoms with Crippen molar-refractivity contribution in [2.45, 2.75) is 0 Å². The van der Waals surface area contributed by atoms with Crippen molar-refractivity contribution in [2.24, 2.45) is 0 Å². The van der Waals surface area contributed by atoms with Crippen LogP contribution in [-0.4, -0.2) is 11.5 Å². The molecule has 0 fully saturated rings.